The van der Waals surface area contributed by atoms with Crippen LogP contribution in [-0.2, 0) is 4.79 Å². The molecule has 0 radical (unpaired) electrons. The van der Waals surface area contributed by atoms with Gasteiger partial charge >= 0.3 is 0 Å². The lowest BCUT2D eigenvalue weighted by atomic mass is 10.1. The zero-order chi connectivity index (χ0) is 15.2. The predicted octanol–water partition coefficient (Wildman–Crippen LogP) is 4.39. The molecule has 0 atom stereocenters. The molecular weight excluding hydrogens is 314 g/mol. The summed E-state index contributed by atoms with van der Waals surface area (Å²) in [6.45, 7) is 3.46. The minimum atomic E-state index is -0.0759. The molecule has 0 aliphatic rings. The summed E-state index contributed by atoms with van der Waals surface area (Å²) < 4.78 is 0. The van der Waals surface area contributed by atoms with Crippen molar-refractivity contribution in [2.24, 2.45) is 0 Å². The number of carbonyl (C=O) groups excluding carboxylic acids is 1. The first-order valence-electron chi connectivity index (χ1n) is 6.30. The quantitative estimate of drug-likeness (QED) is 0.543. The summed E-state index contributed by atoms with van der Waals surface area (Å²) in [5, 5.41) is 2.85. The van der Waals surface area contributed by atoms with Crippen LogP contribution in [0.4, 0.5) is 0 Å². The first-order chi connectivity index (χ1) is 9.63. The topological polar surface area (TPSA) is 29.1 Å². The number of nitrogens with one attached hydrogen (secondary N) is 1. The first-order valence-corrected chi connectivity index (χ1v) is 7.22. The van der Waals surface area contributed by atoms with E-state index in [1.165, 1.54) is 6.92 Å². The van der Waals surface area contributed by atoms with Crippen LogP contribution >= 0.6 is 15.9 Å². The third-order valence-electron chi connectivity index (χ3n) is 2.21. The van der Waals surface area contributed by atoms with Gasteiger partial charge in [-0.3, -0.25) is 4.79 Å². The van der Waals surface area contributed by atoms with Crippen LogP contribution in [0.3, 0.4) is 0 Å². The molecule has 0 aromatic rings. The molecule has 0 saturated heterocycles. The smallest absolute Gasteiger partial charge is 0.220 e. The van der Waals surface area contributed by atoms with Crippen LogP contribution in [0.1, 0.15) is 26.7 Å². The number of allylic oxidation sites excluding steroid dienone is 8. The first kappa shape index (κ1) is 18.2. The van der Waals surface area contributed by atoms with Gasteiger partial charge in [-0.25, -0.2) is 0 Å². The molecule has 20 heavy (non-hydrogen) atoms. The van der Waals surface area contributed by atoms with Crippen LogP contribution in [0.15, 0.2) is 58.8 Å². The molecule has 0 aromatic heterocycles. The minimum Gasteiger partial charge on any atom is -0.330 e. The van der Waals surface area contributed by atoms with Crippen molar-refractivity contribution in [1.82, 2.24) is 5.32 Å². The molecule has 106 valence electrons. The average Bonchev–Trinajstić information content (AvgIpc) is 2.40. The molecule has 0 rings (SSSR count). The van der Waals surface area contributed by atoms with Crippen molar-refractivity contribution in [1.29, 1.82) is 0 Å². The summed E-state index contributed by atoms with van der Waals surface area (Å²) in [7, 11) is 0. The molecule has 1 amide bonds. The number of hydrogen-bond donors (Lipinski definition) is 1. The van der Waals surface area contributed by atoms with Crippen LogP contribution in [-0.4, -0.2) is 5.91 Å². The Labute approximate surface area is 130 Å². The number of hydrogen-bond acceptors (Lipinski definition) is 1. The molecule has 0 aliphatic heterocycles. The number of amides is 1. The summed E-state index contributed by atoms with van der Waals surface area (Å²) in [4.78, 5) is 13.0. The van der Waals surface area contributed by atoms with Gasteiger partial charge in [0.25, 0.3) is 0 Å². The van der Waals surface area contributed by atoms with Crippen LogP contribution in [0.25, 0.3) is 0 Å². The fraction of sp³-hybridized carbons (Fsp3) is 0.235. The molecule has 0 spiro atoms. The molecule has 1 N–H and O–H groups in total. The van der Waals surface area contributed by atoms with E-state index in [1.54, 1.807) is 11.1 Å². The van der Waals surface area contributed by atoms with Crippen molar-refractivity contribution in [3.8, 4) is 12.3 Å². The maximum atomic E-state index is 11.2. The second-order valence-electron chi connectivity index (χ2n) is 3.95. The molecule has 0 bridgehead atoms. The molecule has 0 heterocycles. The van der Waals surface area contributed by atoms with E-state index in [4.69, 9.17) is 6.42 Å². The predicted molar refractivity (Wildman–Crippen MR) is 90.1 cm³/mol. The highest BCUT2D eigenvalue weighted by Crippen LogP contribution is 2.12. The molecule has 0 fully saturated rings. The lowest BCUT2D eigenvalue weighted by molar-refractivity contribution is -0.118. The van der Waals surface area contributed by atoms with Crippen molar-refractivity contribution in [2.75, 3.05) is 0 Å². The monoisotopic (exact) mass is 333 g/mol. The van der Waals surface area contributed by atoms with Gasteiger partial charge in [-0.05, 0) is 30.0 Å². The molecule has 2 nitrogen and oxygen atoms in total. The van der Waals surface area contributed by atoms with Crippen LogP contribution in [0.5, 0.6) is 0 Å². The van der Waals surface area contributed by atoms with Crippen LogP contribution in [0.2, 0.25) is 0 Å². The fourth-order valence-electron chi connectivity index (χ4n) is 1.51. The lowest BCUT2D eigenvalue weighted by Crippen LogP contribution is -2.19. The molecular formula is C17H20BrNO. The number of halogens is 1. The molecule has 0 saturated carbocycles. The van der Waals surface area contributed by atoms with Gasteiger partial charge < -0.3 is 5.32 Å². The van der Waals surface area contributed by atoms with E-state index in [0.29, 0.717) is 12.8 Å². The third-order valence-corrected chi connectivity index (χ3v) is 2.51. The summed E-state index contributed by atoms with van der Waals surface area (Å²) >= 11 is 3.23. The summed E-state index contributed by atoms with van der Waals surface area (Å²) in [5.74, 6) is 2.36. The Hall–Kier alpha value is -1.79. The van der Waals surface area contributed by atoms with Crippen molar-refractivity contribution in [3.05, 3.63) is 58.8 Å². The Kier molecular flexibility index (Phi) is 11.2. The second-order valence-corrected chi connectivity index (χ2v) is 4.48. The highest BCUT2D eigenvalue weighted by Gasteiger charge is 2.01. The average molecular weight is 334 g/mol. The van der Waals surface area contributed by atoms with E-state index in [-0.39, 0.29) is 5.91 Å². The molecule has 0 aromatic carbocycles. The van der Waals surface area contributed by atoms with E-state index in [1.807, 2.05) is 43.4 Å². The Morgan fingerprint density at radius 3 is 2.75 bits per heavy atom. The van der Waals surface area contributed by atoms with Gasteiger partial charge in [0.2, 0.25) is 5.91 Å². The molecule has 3 heteroatoms. The largest absolute Gasteiger partial charge is 0.330 e. The highest BCUT2D eigenvalue weighted by molar-refractivity contribution is 9.11. The zero-order valence-corrected chi connectivity index (χ0v) is 13.5. The van der Waals surface area contributed by atoms with E-state index in [9.17, 15) is 4.79 Å². The number of terminal acetylenes is 1. The van der Waals surface area contributed by atoms with E-state index in [0.717, 1.165) is 11.3 Å². The standard InChI is InChI=1S/C17H20BrNO/c1-4-6-7-8-12-17(19-15(3)20)14-16(10-5-2)11-9-13-18/h1,5-7,9-13H,8,14H2,2-3H3,(H,19,20)/b7-6-,10-5-,13-9+,16-11+,17-12+. The summed E-state index contributed by atoms with van der Waals surface area (Å²) in [5.41, 5.74) is 1.97. The third kappa shape index (κ3) is 10.2. The van der Waals surface area contributed by atoms with Gasteiger partial charge in [0.1, 0.15) is 0 Å². The Morgan fingerprint density at radius 1 is 1.45 bits per heavy atom. The molecule has 0 aliphatic carbocycles. The van der Waals surface area contributed by atoms with Gasteiger partial charge in [0.15, 0.2) is 0 Å². The van der Waals surface area contributed by atoms with E-state index >= 15 is 0 Å². The van der Waals surface area contributed by atoms with E-state index in [2.05, 4.69) is 27.2 Å². The van der Waals surface area contributed by atoms with Crippen molar-refractivity contribution < 1.29 is 4.79 Å². The van der Waals surface area contributed by atoms with Gasteiger partial charge in [-0.2, -0.15) is 0 Å². The minimum absolute atomic E-state index is 0.0759. The Bertz CT molecular complexity index is 488. The fourth-order valence-corrected chi connectivity index (χ4v) is 1.66. The van der Waals surface area contributed by atoms with Gasteiger partial charge in [-0.15, -0.1) is 6.42 Å². The SMILES string of the molecule is C#C/C=C\C/C=C(\CC(/C=C\C)=C/C=C/Br)NC(C)=O. The summed E-state index contributed by atoms with van der Waals surface area (Å²) in [6.07, 6.45) is 19.9. The maximum absolute atomic E-state index is 11.2. The highest BCUT2D eigenvalue weighted by atomic mass is 79.9. The van der Waals surface area contributed by atoms with E-state index < -0.39 is 0 Å². The lowest BCUT2D eigenvalue weighted by Gasteiger charge is -2.09. The van der Waals surface area contributed by atoms with Crippen molar-refractivity contribution >= 4 is 21.8 Å². The van der Waals surface area contributed by atoms with Crippen molar-refractivity contribution in [2.45, 2.75) is 26.7 Å². The maximum Gasteiger partial charge on any atom is 0.220 e. The Morgan fingerprint density at radius 2 is 2.20 bits per heavy atom. The van der Waals surface area contributed by atoms with Gasteiger partial charge in [-0.1, -0.05) is 58.3 Å². The van der Waals surface area contributed by atoms with Gasteiger partial charge in [0.05, 0.1) is 0 Å². The van der Waals surface area contributed by atoms with Gasteiger partial charge in [0, 0.05) is 19.0 Å². The molecule has 0 unspecified atom stereocenters. The normalized spacial score (nSPS) is 13.3. The second kappa shape index (κ2) is 12.3. The number of rotatable bonds is 7. The zero-order valence-electron chi connectivity index (χ0n) is 11.9. The Balaban J connectivity index is 4.97. The number of carbonyl (C=O) groups is 1. The van der Waals surface area contributed by atoms with Crippen molar-refractivity contribution in [3.63, 3.8) is 0 Å². The summed E-state index contributed by atoms with van der Waals surface area (Å²) in [6, 6.07) is 0. The van der Waals surface area contributed by atoms with Crippen LogP contribution < -0.4 is 5.32 Å². The van der Waals surface area contributed by atoms with Crippen LogP contribution in [0, 0.1) is 12.3 Å².